The third-order valence-corrected chi connectivity index (χ3v) is 3.41. The van der Waals surface area contributed by atoms with Crippen LogP contribution >= 0.6 is 23.2 Å². The van der Waals surface area contributed by atoms with E-state index in [0.29, 0.717) is 11.8 Å². The lowest BCUT2D eigenvalue weighted by molar-refractivity contribution is 0.680. The Morgan fingerprint density at radius 3 is 2.54 bits per heavy atom. The molecule has 0 aromatic heterocycles. The van der Waals surface area contributed by atoms with Crippen LogP contribution in [0.2, 0.25) is 0 Å². The Morgan fingerprint density at radius 1 is 1.31 bits per heavy atom. The van der Waals surface area contributed by atoms with Gasteiger partial charge in [0.05, 0.1) is 5.38 Å². The van der Waals surface area contributed by atoms with Gasteiger partial charge in [-0.05, 0) is 18.4 Å². The van der Waals surface area contributed by atoms with Crippen molar-refractivity contribution in [3.8, 4) is 0 Å². The number of hydrogen-bond acceptors (Lipinski definition) is 0. The van der Waals surface area contributed by atoms with E-state index in [9.17, 15) is 0 Å². The van der Waals surface area contributed by atoms with E-state index in [0.717, 1.165) is 5.57 Å². The van der Waals surface area contributed by atoms with Crippen LogP contribution < -0.4 is 0 Å². The second-order valence-electron chi connectivity index (χ2n) is 3.36. The highest BCUT2D eigenvalue weighted by molar-refractivity contribution is 6.25. The predicted octanol–water partition coefficient (Wildman–Crippen LogP) is 3.91. The monoisotopic (exact) mass is 216 g/mol. The maximum Gasteiger partial charge on any atom is 0.0622 e. The highest BCUT2D eigenvalue weighted by atomic mass is 35.5. The van der Waals surface area contributed by atoms with E-state index < -0.39 is 0 Å². The predicted molar refractivity (Wildman–Crippen MR) is 60.5 cm³/mol. The van der Waals surface area contributed by atoms with Crippen LogP contribution in [0.5, 0.6) is 0 Å². The van der Waals surface area contributed by atoms with Gasteiger partial charge in [0.25, 0.3) is 0 Å². The van der Waals surface area contributed by atoms with Gasteiger partial charge in [-0.15, -0.1) is 23.2 Å². The first-order chi connectivity index (χ1) is 6.16. The minimum absolute atomic E-state index is 0.0266. The van der Waals surface area contributed by atoms with Crippen LogP contribution in [0.25, 0.3) is 0 Å². The van der Waals surface area contributed by atoms with Gasteiger partial charge < -0.3 is 0 Å². The summed E-state index contributed by atoms with van der Waals surface area (Å²) in [4.78, 5) is 0. The average molecular weight is 217 g/mol. The number of rotatable bonds is 1. The van der Waals surface area contributed by atoms with Crippen LogP contribution in [-0.2, 0) is 0 Å². The van der Waals surface area contributed by atoms with Gasteiger partial charge >= 0.3 is 0 Å². The second kappa shape index (κ2) is 4.88. The maximum atomic E-state index is 6.28. The van der Waals surface area contributed by atoms with Crippen molar-refractivity contribution in [2.24, 2.45) is 5.92 Å². The lowest BCUT2D eigenvalue weighted by Gasteiger charge is -2.21. The lowest BCUT2D eigenvalue weighted by Crippen LogP contribution is -2.17. The molecule has 0 aromatic rings. The Morgan fingerprint density at radius 2 is 1.92 bits per heavy atom. The molecule has 0 saturated heterocycles. The van der Waals surface area contributed by atoms with Crippen LogP contribution in [0.3, 0.4) is 0 Å². The zero-order valence-corrected chi connectivity index (χ0v) is 9.44. The molecule has 0 nitrogen and oxygen atoms in total. The van der Waals surface area contributed by atoms with Gasteiger partial charge in [0.1, 0.15) is 0 Å². The van der Waals surface area contributed by atoms with E-state index >= 15 is 0 Å². The highest BCUT2D eigenvalue weighted by Crippen LogP contribution is 2.27. The van der Waals surface area contributed by atoms with Crippen molar-refractivity contribution >= 4 is 23.2 Å². The van der Waals surface area contributed by atoms with Crippen molar-refractivity contribution in [1.82, 2.24) is 0 Å². The maximum absolute atomic E-state index is 6.28. The quantitative estimate of drug-likeness (QED) is 0.584. The third-order valence-electron chi connectivity index (χ3n) is 2.45. The van der Waals surface area contributed by atoms with Crippen molar-refractivity contribution in [1.29, 1.82) is 0 Å². The van der Waals surface area contributed by atoms with E-state index in [1.54, 1.807) is 0 Å². The first kappa shape index (κ1) is 10.9. The van der Waals surface area contributed by atoms with Crippen LogP contribution in [0.1, 0.15) is 13.8 Å². The molecule has 0 saturated carbocycles. The summed E-state index contributed by atoms with van der Waals surface area (Å²) >= 11 is 12.1. The Balaban J connectivity index is 2.95. The highest BCUT2D eigenvalue weighted by Gasteiger charge is 2.19. The van der Waals surface area contributed by atoms with E-state index in [2.05, 4.69) is 19.9 Å². The molecule has 2 atom stereocenters. The first-order valence-corrected chi connectivity index (χ1v) is 5.38. The number of hydrogen-bond donors (Lipinski definition) is 0. The van der Waals surface area contributed by atoms with Gasteiger partial charge in [0.2, 0.25) is 0 Å². The molecule has 0 aromatic carbocycles. The van der Waals surface area contributed by atoms with Gasteiger partial charge in [-0.3, -0.25) is 0 Å². The van der Waals surface area contributed by atoms with Crippen molar-refractivity contribution < 1.29 is 0 Å². The minimum Gasteiger partial charge on any atom is -0.122 e. The molecule has 72 valence electrons. The van der Waals surface area contributed by atoms with Gasteiger partial charge in [0.15, 0.2) is 0 Å². The number of allylic oxidation sites excluding steroid dienone is 6. The van der Waals surface area contributed by atoms with Gasteiger partial charge in [-0.25, -0.2) is 0 Å². The fourth-order valence-electron chi connectivity index (χ4n) is 1.30. The second-order valence-corrected chi connectivity index (χ2v) is 4.10. The fourth-order valence-corrected chi connectivity index (χ4v) is 1.98. The summed E-state index contributed by atoms with van der Waals surface area (Å²) < 4.78 is 0. The van der Waals surface area contributed by atoms with Crippen LogP contribution in [0.15, 0.2) is 35.5 Å². The zero-order chi connectivity index (χ0) is 9.84. The van der Waals surface area contributed by atoms with E-state index in [1.165, 1.54) is 5.57 Å². The van der Waals surface area contributed by atoms with Crippen LogP contribution in [0.4, 0.5) is 0 Å². The van der Waals surface area contributed by atoms with E-state index in [-0.39, 0.29) is 5.38 Å². The van der Waals surface area contributed by atoms with Gasteiger partial charge in [-0.1, -0.05) is 36.8 Å². The average Bonchev–Trinajstić information content (AvgIpc) is 2.14. The SMILES string of the molecule is C\C1=C/C=C\C=C(\CCl)C(Cl)C1C. The molecule has 1 aliphatic carbocycles. The molecule has 0 amide bonds. The van der Waals surface area contributed by atoms with E-state index in [4.69, 9.17) is 23.2 Å². The fraction of sp³-hybridized carbons (Fsp3) is 0.455. The largest absolute Gasteiger partial charge is 0.122 e. The summed E-state index contributed by atoms with van der Waals surface area (Å²) in [6, 6.07) is 0. The summed E-state index contributed by atoms with van der Waals surface area (Å²) in [6.45, 7) is 4.23. The Labute approximate surface area is 89.9 Å². The Bertz CT molecular complexity index is 261. The third kappa shape index (κ3) is 2.62. The van der Waals surface area contributed by atoms with Crippen molar-refractivity contribution in [3.63, 3.8) is 0 Å². The molecule has 0 heterocycles. The van der Waals surface area contributed by atoms with Crippen LogP contribution in [0, 0.1) is 5.92 Å². The molecule has 0 fully saturated rings. The van der Waals surface area contributed by atoms with Crippen molar-refractivity contribution in [3.05, 3.63) is 35.5 Å². The Kier molecular flexibility index (Phi) is 4.08. The molecule has 1 aliphatic rings. The topological polar surface area (TPSA) is 0 Å². The molecule has 1 rings (SSSR count). The molecule has 0 spiro atoms. The summed E-state index contributed by atoms with van der Waals surface area (Å²) in [6.07, 6.45) is 8.12. The molecule has 2 heteroatoms. The molecule has 13 heavy (non-hydrogen) atoms. The summed E-state index contributed by atoms with van der Waals surface area (Å²) in [5.74, 6) is 0.868. The van der Waals surface area contributed by atoms with Crippen molar-refractivity contribution in [2.45, 2.75) is 19.2 Å². The Hall–Kier alpha value is -0.200. The normalized spacial score (nSPS) is 39.4. The first-order valence-electron chi connectivity index (χ1n) is 4.40. The molecule has 2 unspecified atom stereocenters. The molecule has 0 aliphatic heterocycles. The van der Waals surface area contributed by atoms with Crippen molar-refractivity contribution in [2.75, 3.05) is 5.88 Å². The molecular formula is C11H14Cl2. The zero-order valence-electron chi connectivity index (χ0n) is 7.93. The number of halogens is 2. The van der Waals surface area contributed by atoms with E-state index in [1.807, 2.05) is 18.2 Å². The standard InChI is InChI=1S/C11H14Cl2/c1-8-5-3-4-6-10(7-12)11(13)9(8)2/h3-6,9,11H,7H2,1-2H3/b4-3-,8-5+,10-6-. The molecule has 0 radical (unpaired) electrons. The summed E-state index contributed by atoms with van der Waals surface area (Å²) in [5, 5.41) is 0.0266. The minimum atomic E-state index is 0.0266. The smallest absolute Gasteiger partial charge is 0.0622 e. The van der Waals surface area contributed by atoms with Gasteiger partial charge in [0, 0.05) is 5.88 Å². The van der Waals surface area contributed by atoms with Gasteiger partial charge in [-0.2, -0.15) is 0 Å². The molecule has 0 N–H and O–H groups in total. The lowest BCUT2D eigenvalue weighted by atomic mass is 9.92. The molecular weight excluding hydrogens is 203 g/mol. The molecule has 0 bridgehead atoms. The summed E-state index contributed by atoms with van der Waals surface area (Å²) in [7, 11) is 0. The number of alkyl halides is 2. The summed E-state index contributed by atoms with van der Waals surface area (Å²) in [5.41, 5.74) is 2.39. The van der Waals surface area contributed by atoms with Crippen LogP contribution in [-0.4, -0.2) is 11.3 Å².